The number of benzene rings is 4. The van der Waals surface area contributed by atoms with Crippen molar-refractivity contribution in [3.05, 3.63) is 96.8 Å². The molecule has 4 rings (SSSR count). The van der Waals surface area contributed by atoms with Crippen LogP contribution >= 0.6 is 0 Å². The molecule has 0 saturated carbocycles. The van der Waals surface area contributed by atoms with E-state index < -0.39 is 28.3 Å². The molecule has 1 amide bonds. The number of amides is 1. The van der Waals surface area contributed by atoms with Crippen molar-refractivity contribution in [1.82, 2.24) is 5.32 Å². The minimum absolute atomic E-state index is 0.0206. The quantitative estimate of drug-likeness (QED) is 0.287. The Bertz CT molecular complexity index is 1460. The van der Waals surface area contributed by atoms with Crippen LogP contribution in [0.15, 0.2) is 95.9 Å². The van der Waals surface area contributed by atoms with Gasteiger partial charge in [-0.05, 0) is 78.4 Å². The van der Waals surface area contributed by atoms with E-state index in [0.717, 1.165) is 27.2 Å². The Morgan fingerprint density at radius 3 is 2.24 bits per heavy atom. The van der Waals surface area contributed by atoms with Crippen LogP contribution in [0, 0.1) is 5.82 Å². The zero-order valence-electron chi connectivity index (χ0n) is 20.3. The third kappa shape index (κ3) is 6.56. The van der Waals surface area contributed by atoms with Gasteiger partial charge in [0.15, 0.2) is 0 Å². The minimum atomic E-state index is -4.12. The fourth-order valence-corrected chi connectivity index (χ4v) is 5.15. The van der Waals surface area contributed by atoms with Gasteiger partial charge in [0.2, 0.25) is 5.91 Å². The number of sulfonamides is 1. The summed E-state index contributed by atoms with van der Waals surface area (Å²) in [7, 11) is -4.12. The van der Waals surface area contributed by atoms with E-state index in [1.807, 2.05) is 49.4 Å². The van der Waals surface area contributed by atoms with Gasteiger partial charge in [0.25, 0.3) is 10.0 Å². The van der Waals surface area contributed by atoms with Crippen LogP contribution in [-0.2, 0) is 14.8 Å². The molecule has 0 radical (unpaired) electrons. The number of carbonyl (C=O) groups is 1. The van der Waals surface area contributed by atoms with Crippen LogP contribution < -0.4 is 19.1 Å². The third-order valence-electron chi connectivity index (χ3n) is 5.54. The van der Waals surface area contributed by atoms with Gasteiger partial charge >= 0.3 is 0 Å². The fourth-order valence-electron chi connectivity index (χ4n) is 3.73. The molecular formula is C28H27FN2O5S. The van der Waals surface area contributed by atoms with E-state index in [1.54, 1.807) is 12.1 Å². The molecule has 0 bridgehead atoms. The number of nitrogens with zero attached hydrogens (tertiary/aromatic N) is 1. The van der Waals surface area contributed by atoms with E-state index >= 15 is 0 Å². The largest absolute Gasteiger partial charge is 0.494 e. The number of hydrogen-bond donors (Lipinski definition) is 1. The van der Waals surface area contributed by atoms with Gasteiger partial charge in [0, 0.05) is 0 Å². The molecule has 7 nitrogen and oxygen atoms in total. The number of carbonyl (C=O) groups excluding carboxylic acids is 1. The Hall–Kier alpha value is -4.11. The van der Waals surface area contributed by atoms with Gasteiger partial charge in [-0.2, -0.15) is 0 Å². The molecule has 192 valence electrons. The zero-order chi connectivity index (χ0) is 26.3. The van der Waals surface area contributed by atoms with Gasteiger partial charge in [0.05, 0.1) is 23.7 Å². The van der Waals surface area contributed by atoms with E-state index in [0.29, 0.717) is 18.1 Å². The molecule has 1 N–H and O–H groups in total. The van der Waals surface area contributed by atoms with Crippen molar-refractivity contribution in [2.45, 2.75) is 11.8 Å². The number of ether oxygens (including phenoxy) is 2. The Balaban J connectivity index is 1.42. The molecule has 0 aliphatic heterocycles. The molecule has 0 saturated heterocycles. The first kappa shape index (κ1) is 26.0. The highest BCUT2D eigenvalue weighted by Gasteiger charge is 2.27. The lowest BCUT2D eigenvalue weighted by Crippen LogP contribution is -2.41. The van der Waals surface area contributed by atoms with Crippen molar-refractivity contribution in [3.63, 3.8) is 0 Å². The van der Waals surface area contributed by atoms with Crippen molar-refractivity contribution in [2.24, 2.45) is 0 Å². The smallest absolute Gasteiger partial charge is 0.264 e. The highest BCUT2D eigenvalue weighted by molar-refractivity contribution is 7.92. The van der Waals surface area contributed by atoms with E-state index in [-0.39, 0.29) is 23.7 Å². The molecule has 0 aromatic heterocycles. The van der Waals surface area contributed by atoms with E-state index in [1.165, 1.54) is 24.3 Å². The van der Waals surface area contributed by atoms with Crippen LogP contribution in [0.5, 0.6) is 11.5 Å². The normalized spacial score (nSPS) is 11.2. The number of nitrogens with one attached hydrogen (secondary N) is 1. The first-order chi connectivity index (χ1) is 17.9. The van der Waals surface area contributed by atoms with E-state index in [2.05, 4.69) is 5.32 Å². The van der Waals surface area contributed by atoms with Gasteiger partial charge in [-0.25, -0.2) is 12.8 Å². The summed E-state index contributed by atoms with van der Waals surface area (Å²) in [6.45, 7) is 2.15. The summed E-state index contributed by atoms with van der Waals surface area (Å²) in [5, 5.41) is 4.82. The van der Waals surface area contributed by atoms with E-state index in [9.17, 15) is 17.6 Å². The summed E-state index contributed by atoms with van der Waals surface area (Å²) < 4.78 is 52.4. The average molecular weight is 523 g/mol. The minimum Gasteiger partial charge on any atom is -0.494 e. The maximum absolute atomic E-state index is 13.5. The number of fused-ring (bicyclic) bond motifs is 1. The van der Waals surface area contributed by atoms with Crippen LogP contribution in [0.25, 0.3) is 10.8 Å². The molecule has 0 spiro atoms. The molecule has 9 heteroatoms. The lowest BCUT2D eigenvalue weighted by atomic mass is 10.1. The number of halogens is 1. The van der Waals surface area contributed by atoms with E-state index in [4.69, 9.17) is 9.47 Å². The monoisotopic (exact) mass is 522 g/mol. The molecule has 4 aromatic carbocycles. The molecule has 0 fully saturated rings. The number of anilines is 1. The fraction of sp³-hybridized carbons (Fsp3) is 0.179. The van der Waals surface area contributed by atoms with Crippen molar-refractivity contribution in [3.8, 4) is 11.5 Å². The summed E-state index contributed by atoms with van der Waals surface area (Å²) >= 11 is 0. The maximum atomic E-state index is 13.5. The number of rotatable bonds is 11. The van der Waals surface area contributed by atoms with Gasteiger partial charge in [0.1, 0.15) is 30.5 Å². The van der Waals surface area contributed by atoms with Gasteiger partial charge in [-0.1, -0.05) is 30.3 Å². The first-order valence-corrected chi connectivity index (χ1v) is 13.2. The SMILES string of the molecule is CCOc1ccc(S(=O)(=O)N(CC(=O)NCCOc2ccc3ccccc3c2)c2ccc(F)cc2)cc1. The topological polar surface area (TPSA) is 84.9 Å². The van der Waals surface area contributed by atoms with Crippen molar-refractivity contribution >= 4 is 32.4 Å². The van der Waals surface area contributed by atoms with Crippen molar-refractivity contribution in [1.29, 1.82) is 0 Å². The molecule has 4 aromatic rings. The predicted molar refractivity (Wildman–Crippen MR) is 141 cm³/mol. The van der Waals surface area contributed by atoms with Crippen LogP contribution in [0.3, 0.4) is 0 Å². The third-order valence-corrected chi connectivity index (χ3v) is 7.33. The molecule has 37 heavy (non-hydrogen) atoms. The molecule has 0 unspecified atom stereocenters. The van der Waals surface area contributed by atoms with Crippen molar-refractivity contribution < 1.29 is 27.1 Å². The lowest BCUT2D eigenvalue weighted by Gasteiger charge is -2.24. The highest BCUT2D eigenvalue weighted by atomic mass is 32.2. The second-order valence-electron chi connectivity index (χ2n) is 8.10. The first-order valence-electron chi connectivity index (χ1n) is 11.8. The summed E-state index contributed by atoms with van der Waals surface area (Å²) in [5.74, 6) is 0.149. The molecule has 0 atom stereocenters. The highest BCUT2D eigenvalue weighted by Crippen LogP contribution is 2.25. The molecular weight excluding hydrogens is 495 g/mol. The van der Waals surface area contributed by atoms with Crippen LogP contribution in [0.2, 0.25) is 0 Å². The Kier molecular flexibility index (Phi) is 8.25. The Morgan fingerprint density at radius 2 is 1.54 bits per heavy atom. The summed E-state index contributed by atoms with van der Waals surface area (Å²) in [5.41, 5.74) is 0.165. The van der Waals surface area contributed by atoms with Gasteiger partial charge < -0.3 is 14.8 Å². The standard InChI is InChI=1S/C28H27FN2O5S/c1-2-35-25-13-15-27(16-14-25)37(33,34)31(24-10-8-23(29)9-11-24)20-28(32)30-17-18-36-26-12-7-21-5-3-4-6-22(21)19-26/h3-16,19H,2,17-18,20H2,1H3,(H,30,32). The van der Waals surface area contributed by atoms with Crippen LogP contribution in [-0.4, -0.2) is 40.6 Å². The van der Waals surface area contributed by atoms with Crippen LogP contribution in [0.1, 0.15) is 6.92 Å². The second-order valence-corrected chi connectivity index (χ2v) is 9.96. The molecule has 0 aliphatic carbocycles. The summed E-state index contributed by atoms with van der Waals surface area (Å²) in [6.07, 6.45) is 0. The summed E-state index contributed by atoms with van der Waals surface area (Å²) in [6, 6.07) is 24.4. The molecule has 0 heterocycles. The lowest BCUT2D eigenvalue weighted by molar-refractivity contribution is -0.119. The van der Waals surface area contributed by atoms with Crippen molar-refractivity contribution in [2.75, 3.05) is 30.6 Å². The Morgan fingerprint density at radius 1 is 0.865 bits per heavy atom. The maximum Gasteiger partial charge on any atom is 0.264 e. The Labute approximate surface area is 215 Å². The average Bonchev–Trinajstić information content (AvgIpc) is 2.91. The second kappa shape index (κ2) is 11.7. The van der Waals surface area contributed by atoms with Crippen LogP contribution in [0.4, 0.5) is 10.1 Å². The number of hydrogen-bond acceptors (Lipinski definition) is 5. The van der Waals surface area contributed by atoms with Gasteiger partial charge in [-0.3, -0.25) is 9.10 Å². The van der Waals surface area contributed by atoms with Gasteiger partial charge in [-0.15, -0.1) is 0 Å². The zero-order valence-corrected chi connectivity index (χ0v) is 21.1. The summed E-state index contributed by atoms with van der Waals surface area (Å²) in [4.78, 5) is 12.7. The predicted octanol–water partition coefficient (Wildman–Crippen LogP) is 4.77. The molecule has 0 aliphatic rings.